The van der Waals surface area contributed by atoms with E-state index in [1.165, 1.54) is 11.3 Å². The molecule has 40 valence electrons. The molecule has 2 N–H and O–H groups in total. The molecule has 0 aliphatic heterocycles. The van der Waals surface area contributed by atoms with Crippen molar-refractivity contribution in [1.29, 1.82) is 0 Å². The number of thiazole rings is 1. The van der Waals surface area contributed by atoms with Crippen LogP contribution in [0.2, 0.25) is 0 Å². The third kappa shape index (κ3) is 0.983. The Morgan fingerprint density at radius 2 is 2.62 bits per heavy atom. The van der Waals surface area contributed by atoms with Crippen molar-refractivity contribution >= 4 is 11.3 Å². The first-order valence-electron chi connectivity index (χ1n) is 2.03. The van der Waals surface area contributed by atoms with Gasteiger partial charge in [0.1, 0.15) is 0 Å². The predicted octanol–water partition coefficient (Wildman–Crippen LogP) is 0.411. The maximum atomic E-state index is 4.94. The van der Waals surface area contributed by atoms with E-state index in [2.05, 4.69) is 16.9 Å². The Labute approximate surface area is 51.4 Å². The van der Waals surface area contributed by atoms with E-state index < -0.39 is 0 Å². The number of hydrogen-bond acceptors (Lipinski definition) is 3. The Bertz CT molecular complexity index is 204. The Kier molecular flexibility index (Phi) is 1.50. The Balaban J connectivity index is 2.88. The molecule has 1 aromatic heterocycles. The standard InChI is InChI=1S/C5H4N2S/c6-2-1-5-3-7-4-8-5/h3-4H,6H2. The average Bonchev–Trinajstić information content (AvgIpc) is 2.19. The molecule has 0 unspecified atom stereocenters. The summed E-state index contributed by atoms with van der Waals surface area (Å²) in [4.78, 5) is 4.71. The molecule has 1 aromatic rings. The summed E-state index contributed by atoms with van der Waals surface area (Å²) in [5.74, 6) is 2.67. The number of rotatable bonds is 0. The van der Waals surface area contributed by atoms with Gasteiger partial charge in [-0.15, -0.1) is 11.3 Å². The number of nitrogens with two attached hydrogens (primary N) is 1. The van der Waals surface area contributed by atoms with Crippen LogP contribution >= 0.6 is 11.3 Å². The van der Waals surface area contributed by atoms with Crippen molar-refractivity contribution in [3.63, 3.8) is 0 Å². The molecule has 0 atom stereocenters. The summed E-state index contributed by atoms with van der Waals surface area (Å²) in [5.41, 5.74) is 6.66. The highest BCUT2D eigenvalue weighted by atomic mass is 32.1. The monoisotopic (exact) mass is 124 g/mol. The molecule has 0 aliphatic rings. The lowest BCUT2D eigenvalue weighted by atomic mass is 10.6. The van der Waals surface area contributed by atoms with Gasteiger partial charge in [-0.3, -0.25) is 4.98 Å². The molecule has 0 saturated heterocycles. The summed E-state index contributed by atoms with van der Waals surface area (Å²) in [6.45, 7) is 0. The van der Waals surface area contributed by atoms with Crippen LogP contribution in [-0.2, 0) is 0 Å². The first kappa shape index (κ1) is 5.13. The zero-order valence-electron chi connectivity index (χ0n) is 4.09. The summed E-state index contributed by atoms with van der Waals surface area (Å²) >= 11 is 1.48. The summed E-state index contributed by atoms with van der Waals surface area (Å²) < 4.78 is 0. The van der Waals surface area contributed by atoms with E-state index in [1.807, 2.05) is 0 Å². The molecule has 2 nitrogen and oxygen atoms in total. The maximum absolute atomic E-state index is 4.94. The van der Waals surface area contributed by atoms with Crippen molar-refractivity contribution in [1.82, 2.24) is 4.98 Å². The SMILES string of the molecule is NC#Cc1cncs1. The Morgan fingerprint density at radius 1 is 1.75 bits per heavy atom. The molecule has 8 heavy (non-hydrogen) atoms. The van der Waals surface area contributed by atoms with Gasteiger partial charge in [0, 0.05) is 6.04 Å². The van der Waals surface area contributed by atoms with Crippen LogP contribution in [0.15, 0.2) is 11.7 Å². The van der Waals surface area contributed by atoms with Gasteiger partial charge in [0.2, 0.25) is 0 Å². The highest BCUT2D eigenvalue weighted by Gasteiger charge is 1.82. The van der Waals surface area contributed by atoms with Crippen LogP contribution in [0.3, 0.4) is 0 Å². The van der Waals surface area contributed by atoms with E-state index in [-0.39, 0.29) is 0 Å². The van der Waals surface area contributed by atoms with Gasteiger partial charge in [-0.1, -0.05) is 0 Å². The maximum Gasteiger partial charge on any atom is 0.0985 e. The average molecular weight is 124 g/mol. The lowest BCUT2D eigenvalue weighted by Gasteiger charge is -1.67. The molecule has 0 radical (unpaired) electrons. The fourth-order valence-electron chi connectivity index (χ4n) is 0.349. The van der Waals surface area contributed by atoms with Crippen LogP contribution in [0.4, 0.5) is 0 Å². The molecule has 0 spiro atoms. The van der Waals surface area contributed by atoms with Crippen LogP contribution < -0.4 is 5.73 Å². The predicted molar refractivity (Wildman–Crippen MR) is 33.2 cm³/mol. The number of nitrogens with zero attached hydrogens (tertiary/aromatic N) is 1. The van der Waals surface area contributed by atoms with Crippen molar-refractivity contribution in [3.8, 4) is 12.0 Å². The third-order valence-electron chi connectivity index (χ3n) is 0.628. The van der Waals surface area contributed by atoms with Crippen LogP contribution in [0, 0.1) is 12.0 Å². The Hall–Kier alpha value is -1.01. The molecule has 3 heteroatoms. The minimum absolute atomic E-state index is 0.910. The minimum atomic E-state index is 0.910. The van der Waals surface area contributed by atoms with E-state index in [9.17, 15) is 0 Å². The van der Waals surface area contributed by atoms with Crippen molar-refractivity contribution in [2.24, 2.45) is 5.73 Å². The Morgan fingerprint density at radius 3 is 3.12 bits per heavy atom. The van der Waals surface area contributed by atoms with Crippen molar-refractivity contribution in [3.05, 3.63) is 16.6 Å². The van der Waals surface area contributed by atoms with Gasteiger partial charge in [0.05, 0.1) is 16.6 Å². The molecule has 0 aromatic carbocycles. The van der Waals surface area contributed by atoms with Gasteiger partial charge in [-0.2, -0.15) is 0 Å². The highest BCUT2D eigenvalue weighted by molar-refractivity contribution is 7.10. The van der Waals surface area contributed by atoms with Crippen molar-refractivity contribution in [2.45, 2.75) is 0 Å². The summed E-state index contributed by atoms with van der Waals surface area (Å²) in [7, 11) is 0. The second-order valence-electron chi connectivity index (χ2n) is 1.14. The van der Waals surface area contributed by atoms with Gasteiger partial charge < -0.3 is 5.73 Å². The largest absolute Gasteiger partial charge is 0.359 e. The molecule has 0 saturated carbocycles. The fourth-order valence-corrected chi connectivity index (χ4v) is 0.823. The number of aromatic nitrogens is 1. The third-order valence-corrected chi connectivity index (χ3v) is 1.32. The topological polar surface area (TPSA) is 38.9 Å². The van der Waals surface area contributed by atoms with E-state index in [4.69, 9.17) is 5.73 Å². The van der Waals surface area contributed by atoms with Gasteiger partial charge in [0.15, 0.2) is 0 Å². The second kappa shape index (κ2) is 2.34. The zero-order valence-corrected chi connectivity index (χ0v) is 4.90. The lowest BCUT2D eigenvalue weighted by molar-refractivity contribution is 1.42. The summed E-state index contributed by atoms with van der Waals surface area (Å²) in [5, 5.41) is 0. The summed E-state index contributed by atoms with van der Waals surface area (Å²) in [6.07, 6.45) is 1.69. The van der Waals surface area contributed by atoms with Crippen LogP contribution in [0.1, 0.15) is 4.88 Å². The molecule has 0 bridgehead atoms. The zero-order chi connectivity index (χ0) is 5.82. The highest BCUT2D eigenvalue weighted by Crippen LogP contribution is 2.00. The first-order chi connectivity index (χ1) is 3.93. The molecule has 0 fully saturated rings. The van der Waals surface area contributed by atoms with Gasteiger partial charge >= 0.3 is 0 Å². The van der Waals surface area contributed by atoms with E-state index in [1.54, 1.807) is 11.7 Å². The first-order valence-corrected chi connectivity index (χ1v) is 2.91. The van der Waals surface area contributed by atoms with E-state index in [0.29, 0.717) is 0 Å². The molecular formula is C5H4N2S. The second-order valence-corrected chi connectivity index (χ2v) is 2.02. The van der Waals surface area contributed by atoms with Crippen molar-refractivity contribution in [2.75, 3.05) is 0 Å². The number of hydrogen-bond donors (Lipinski definition) is 1. The molecular weight excluding hydrogens is 120 g/mol. The van der Waals surface area contributed by atoms with Crippen LogP contribution in [-0.4, -0.2) is 4.98 Å². The van der Waals surface area contributed by atoms with Crippen molar-refractivity contribution < 1.29 is 0 Å². The fraction of sp³-hybridized carbons (Fsp3) is 0. The lowest BCUT2D eigenvalue weighted by Crippen LogP contribution is -1.75. The van der Waals surface area contributed by atoms with Gasteiger partial charge in [0.25, 0.3) is 0 Å². The summed E-state index contributed by atoms with van der Waals surface area (Å²) in [6, 6.07) is 2.29. The van der Waals surface area contributed by atoms with Crippen LogP contribution in [0.5, 0.6) is 0 Å². The molecule has 0 aliphatic carbocycles. The van der Waals surface area contributed by atoms with Crippen LogP contribution in [0.25, 0.3) is 0 Å². The van der Waals surface area contributed by atoms with E-state index >= 15 is 0 Å². The van der Waals surface area contributed by atoms with Gasteiger partial charge in [-0.25, -0.2) is 0 Å². The molecule has 0 amide bonds. The smallest absolute Gasteiger partial charge is 0.0985 e. The molecule has 1 rings (SSSR count). The van der Waals surface area contributed by atoms with Gasteiger partial charge in [-0.05, 0) is 5.92 Å². The minimum Gasteiger partial charge on any atom is -0.359 e. The normalized spacial score (nSPS) is 7.50. The quantitative estimate of drug-likeness (QED) is 0.402. The molecule has 1 heterocycles. The van der Waals surface area contributed by atoms with E-state index in [0.717, 1.165) is 4.88 Å².